The van der Waals surface area contributed by atoms with Gasteiger partial charge in [0.2, 0.25) is 0 Å². The van der Waals surface area contributed by atoms with Crippen LogP contribution in [0, 0.1) is 11.3 Å². The molecule has 3 aromatic rings. The zero-order valence-corrected chi connectivity index (χ0v) is 13.1. The molecule has 0 aliphatic rings. The molecule has 0 aliphatic heterocycles. The molecule has 0 amide bonds. The third-order valence-electron chi connectivity index (χ3n) is 3.66. The zero-order valence-electron chi connectivity index (χ0n) is 12.4. The third-order valence-corrected chi connectivity index (χ3v) is 3.93. The van der Waals surface area contributed by atoms with E-state index in [0.29, 0.717) is 29.8 Å². The normalized spacial score (nSPS) is 10.6. The van der Waals surface area contributed by atoms with E-state index in [4.69, 9.17) is 16.9 Å². The van der Waals surface area contributed by atoms with E-state index in [1.54, 1.807) is 12.1 Å². The fourth-order valence-corrected chi connectivity index (χ4v) is 2.63. The number of aromatic nitrogens is 2. The van der Waals surface area contributed by atoms with Crippen molar-refractivity contribution in [3.05, 3.63) is 64.4 Å². The molecule has 0 atom stereocenters. The van der Waals surface area contributed by atoms with Crippen molar-refractivity contribution in [2.24, 2.45) is 0 Å². The largest absolute Gasteiger partial charge is 0.274 e. The van der Waals surface area contributed by atoms with Crippen molar-refractivity contribution < 1.29 is 0 Å². The minimum Gasteiger partial charge on any atom is -0.267 e. The minimum atomic E-state index is -0.108. The average Bonchev–Trinajstić information content (AvgIpc) is 2.61. The molecular weight excluding hydrogens is 310 g/mol. The predicted molar refractivity (Wildman–Crippen MR) is 91.5 cm³/mol. The second-order valence-electron chi connectivity index (χ2n) is 5.15. The summed E-state index contributed by atoms with van der Waals surface area (Å²) < 4.78 is 1.47. The fraction of sp³-hybridized carbons (Fsp3) is 0.167. The summed E-state index contributed by atoms with van der Waals surface area (Å²) >= 11 is 5.74. The van der Waals surface area contributed by atoms with E-state index in [2.05, 4.69) is 11.2 Å². The first-order valence-electron chi connectivity index (χ1n) is 7.31. The molecule has 23 heavy (non-hydrogen) atoms. The van der Waals surface area contributed by atoms with Gasteiger partial charge in [-0.25, -0.2) is 4.68 Å². The van der Waals surface area contributed by atoms with Crippen molar-refractivity contribution in [3.8, 4) is 17.3 Å². The van der Waals surface area contributed by atoms with Crippen LogP contribution >= 0.6 is 11.6 Å². The summed E-state index contributed by atoms with van der Waals surface area (Å²) in [7, 11) is 0. The Morgan fingerprint density at radius 1 is 1.09 bits per heavy atom. The molecule has 5 heteroatoms. The summed E-state index contributed by atoms with van der Waals surface area (Å²) in [4.78, 5) is 12.5. The summed E-state index contributed by atoms with van der Waals surface area (Å²) in [6.07, 6.45) is 0.680. The van der Waals surface area contributed by atoms with E-state index >= 15 is 0 Å². The van der Waals surface area contributed by atoms with Gasteiger partial charge in [-0.3, -0.25) is 4.79 Å². The van der Waals surface area contributed by atoms with Crippen molar-refractivity contribution in [3.63, 3.8) is 0 Å². The SMILES string of the molecule is N#Cc1ccc(-c2nn(CCCCl)c(=O)c3ccccc23)cc1. The lowest BCUT2D eigenvalue weighted by Crippen LogP contribution is -2.24. The first-order chi connectivity index (χ1) is 11.2. The maximum atomic E-state index is 12.5. The highest BCUT2D eigenvalue weighted by Gasteiger charge is 2.11. The lowest BCUT2D eigenvalue weighted by molar-refractivity contribution is 0.578. The summed E-state index contributed by atoms with van der Waals surface area (Å²) in [5.74, 6) is 0.479. The molecule has 0 saturated heterocycles. The quantitative estimate of drug-likeness (QED) is 0.690. The van der Waals surface area contributed by atoms with Crippen LogP contribution in [0.2, 0.25) is 0 Å². The molecule has 114 valence electrons. The number of benzene rings is 2. The van der Waals surface area contributed by atoms with Crippen LogP contribution in [-0.4, -0.2) is 15.7 Å². The van der Waals surface area contributed by atoms with Gasteiger partial charge in [0.1, 0.15) is 0 Å². The Balaban J connectivity index is 2.23. The number of fused-ring (bicyclic) bond motifs is 1. The summed E-state index contributed by atoms with van der Waals surface area (Å²) in [5.41, 5.74) is 2.09. The molecule has 2 aromatic carbocycles. The Labute approximate surface area is 138 Å². The summed E-state index contributed by atoms with van der Waals surface area (Å²) in [5, 5.41) is 14.9. The van der Waals surface area contributed by atoms with Crippen LogP contribution in [0.3, 0.4) is 0 Å². The van der Waals surface area contributed by atoms with Crippen molar-refractivity contribution in [1.29, 1.82) is 5.26 Å². The molecule has 1 aromatic heterocycles. The molecule has 3 rings (SSSR count). The first-order valence-corrected chi connectivity index (χ1v) is 7.84. The van der Waals surface area contributed by atoms with Gasteiger partial charge in [-0.15, -0.1) is 11.6 Å². The Morgan fingerprint density at radius 3 is 2.43 bits per heavy atom. The van der Waals surface area contributed by atoms with Gasteiger partial charge >= 0.3 is 0 Å². The van der Waals surface area contributed by atoms with E-state index in [0.717, 1.165) is 16.6 Å². The van der Waals surface area contributed by atoms with E-state index < -0.39 is 0 Å². The number of hydrogen-bond acceptors (Lipinski definition) is 3. The van der Waals surface area contributed by atoms with E-state index in [9.17, 15) is 4.79 Å². The number of nitrogens with zero attached hydrogens (tertiary/aromatic N) is 3. The topological polar surface area (TPSA) is 58.7 Å². The minimum absolute atomic E-state index is 0.108. The highest BCUT2D eigenvalue weighted by Crippen LogP contribution is 2.24. The molecule has 4 nitrogen and oxygen atoms in total. The lowest BCUT2D eigenvalue weighted by Gasteiger charge is -2.11. The van der Waals surface area contributed by atoms with Gasteiger partial charge < -0.3 is 0 Å². The lowest BCUT2D eigenvalue weighted by atomic mass is 10.0. The fourth-order valence-electron chi connectivity index (χ4n) is 2.51. The highest BCUT2D eigenvalue weighted by molar-refractivity contribution is 6.17. The number of halogens is 1. The van der Waals surface area contributed by atoms with E-state index in [-0.39, 0.29) is 5.56 Å². The van der Waals surface area contributed by atoms with Crippen LogP contribution in [0.5, 0.6) is 0 Å². The Kier molecular flexibility index (Phi) is 4.40. The van der Waals surface area contributed by atoms with Crippen LogP contribution in [0.25, 0.3) is 22.0 Å². The van der Waals surface area contributed by atoms with Crippen molar-refractivity contribution in [1.82, 2.24) is 9.78 Å². The van der Waals surface area contributed by atoms with Gasteiger partial charge in [-0.2, -0.15) is 10.4 Å². The number of nitriles is 1. The Hall–Kier alpha value is -2.64. The van der Waals surface area contributed by atoms with Gasteiger partial charge in [0.05, 0.1) is 22.7 Å². The molecular formula is C18H14ClN3O. The smallest absolute Gasteiger partial charge is 0.267 e. The molecule has 0 unspecified atom stereocenters. The molecule has 0 saturated carbocycles. The maximum absolute atomic E-state index is 12.5. The number of hydrogen-bond donors (Lipinski definition) is 0. The van der Waals surface area contributed by atoms with Crippen molar-refractivity contribution in [2.45, 2.75) is 13.0 Å². The van der Waals surface area contributed by atoms with Gasteiger partial charge in [0.15, 0.2) is 0 Å². The van der Waals surface area contributed by atoms with Crippen LogP contribution in [0.15, 0.2) is 53.3 Å². The molecule has 0 spiro atoms. The van der Waals surface area contributed by atoms with Crippen LogP contribution in [0.1, 0.15) is 12.0 Å². The Bertz CT molecular complexity index is 939. The zero-order chi connectivity index (χ0) is 16.2. The second kappa shape index (κ2) is 6.64. The third kappa shape index (κ3) is 2.96. The number of alkyl halides is 1. The predicted octanol–water partition coefficient (Wildman–Crippen LogP) is 3.56. The molecule has 0 bridgehead atoms. The van der Waals surface area contributed by atoms with Gasteiger partial charge in [-0.05, 0) is 24.6 Å². The van der Waals surface area contributed by atoms with Crippen molar-refractivity contribution >= 4 is 22.4 Å². The highest BCUT2D eigenvalue weighted by atomic mass is 35.5. The molecule has 0 radical (unpaired) electrons. The second-order valence-corrected chi connectivity index (χ2v) is 5.53. The van der Waals surface area contributed by atoms with Crippen LogP contribution in [-0.2, 0) is 6.54 Å². The standard InChI is InChI=1S/C18H14ClN3O/c19-10-3-11-22-18(23)16-5-2-1-4-15(16)17(21-22)14-8-6-13(12-20)7-9-14/h1-2,4-9H,3,10-11H2. The van der Waals surface area contributed by atoms with Crippen LogP contribution < -0.4 is 5.56 Å². The molecule has 1 heterocycles. The first kappa shape index (κ1) is 15.3. The maximum Gasteiger partial charge on any atom is 0.274 e. The average molecular weight is 324 g/mol. The molecule has 0 aliphatic carbocycles. The van der Waals surface area contributed by atoms with E-state index in [1.165, 1.54) is 4.68 Å². The number of aryl methyl sites for hydroxylation is 1. The van der Waals surface area contributed by atoms with Crippen LogP contribution in [0.4, 0.5) is 0 Å². The van der Waals surface area contributed by atoms with Gasteiger partial charge in [0, 0.05) is 23.4 Å². The van der Waals surface area contributed by atoms with Gasteiger partial charge in [0.25, 0.3) is 5.56 Å². The Morgan fingerprint density at radius 2 is 1.78 bits per heavy atom. The van der Waals surface area contributed by atoms with Gasteiger partial charge in [-0.1, -0.05) is 30.3 Å². The summed E-state index contributed by atoms with van der Waals surface area (Å²) in [6.45, 7) is 0.483. The monoisotopic (exact) mass is 323 g/mol. The molecule has 0 N–H and O–H groups in total. The number of rotatable bonds is 4. The van der Waals surface area contributed by atoms with Crippen molar-refractivity contribution in [2.75, 3.05) is 5.88 Å². The summed E-state index contributed by atoms with van der Waals surface area (Å²) in [6, 6.07) is 16.7. The molecule has 0 fully saturated rings. The van der Waals surface area contributed by atoms with E-state index in [1.807, 2.05) is 36.4 Å².